The number of rotatable bonds is 4. The minimum absolute atomic E-state index is 0.119. The number of hydrogen-bond acceptors (Lipinski definition) is 7. The summed E-state index contributed by atoms with van der Waals surface area (Å²) in [4.78, 5) is 23.4. The summed E-state index contributed by atoms with van der Waals surface area (Å²) in [6.07, 6.45) is 5.21. The lowest BCUT2D eigenvalue weighted by Gasteiger charge is -2.34. The van der Waals surface area contributed by atoms with Crippen LogP contribution in [0.4, 0.5) is 0 Å². The fourth-order valence-corrected chi connectivity index (χ4v) is 3.35. The van der Waals surface area contributed by atoms with Gasteiger partial charge < -0.3 is 18.6 Å². The number of carbonyl (C=O) groups is 1. The molecule has 132 valence electrons. The maximum atomic E-state index is 12.9. The van der Waals surface area contributed by atoms with Crippen molar-refractivity contribution >= 4 is 5.91 Å². The van der Waals surface area contributed by atoms with Crippen LogP contribution in [0.5, 0.6) is 0 Å². The lowest BCUT2D eigenvalue weighted by atomic mass is 10.1. The molecule has 0 spiro atoms. The van der Waals surface area contributed by atoms with Crippen molar-refractivity contribution < 1.29 is 18.5 Å². The van der Waals surface area contributed by atoms with E-state index >= 15 is 0 Å². The highest BCUT2D eigenvalue weighted by Crippen LogP contribution is 2.41. The lowest BCUT2D eigenvalue weighted by molar-refractivity contribution is -0.0815. The highest BCUT2D eigenvalue weighted by atomic mass is 16.5. The van der Waals surface area contributed by atoms with E-state index in [1.807, 2.05) is 6.92 Å². The van der Waals surface area contributed by atoms with E-state index in [1.165, 1.54) is 6.39 Å². The first-order chi connectivity index (χ1) is 12.2. The summed E-state index contributed by atoms with van der Waals surface area (Å²) in [5.74, 6) is 2.21. The Hall–Kier alpha value is -2.22. The van der Waals surface area contributed by atoms with E-state index in [0.29, 0.717) is 36.6 Å². The van der Waals surface area contributed by atoms with E-state index in [-0.39, 0.29) is 12.0 Å². The van der Waals surface area contributed by atoms with Crippen molar-refractivity contribution in [3.8, 4) is 0 Å². The molecule has 1 amide bonds. The summed E-state index contributed by atoms with van der Waals surface area (Å²) in [7, 11) is 0. The fourth-order valence-electron chi connectivity index (χ4n) is 3.35. The quantitative estimate of drug-likeness (QED) is 0.840. The van der Waals surface area contributed by atoms with Crippen LogP contribution >= 0.6 is 0 Å². The Morgan fingerprint density at radius 1 is 1.20 bits per heavy atom. The third-order valence-corrected chi connectivity index (χ3v) is 4.98. The Morgan fingerprint density at radius 3 is 2.76 bits per heavy atom. The molecule has 2 aliphatic carbocycles. The van der Waals surface area contributed by atoms with Gasteiger partial charge in [0.1, 0.15) is 0 Å². The zero-order valence-corrected chi connectivity index (χ0v) is 14.1. The van der Waals surface area contributed by atoms with Gasteiger partial charge in [0, 0.05) is 18.4 Å². The van der Waals surface area contributed by atoms with Gasteiger partial charge in [-0.3, -0.25) is 4.79 Å². The Labute approximate surface area is 144 Å². The fraction of sp³-hybridized carbons (Fsp3) is 0.647. The summed E-state index contributed by atoms with van der Waals surface area (Å²) < 4.78 is 16.7. The molecule has 2 aromatic heterocycles. The SMILES string of the molecule is C[C@@H]1CN(C(=O)c2ocnc2C2CC2)C[C@H](c2nc(C3CC3)no2)O1. The third kappa shape index (κ3) is 2.84. The average molecular weight is 344 g/mol. The molecule has 2 aromatic rings. The molecule has 25 heavy (non-hydrogen) atoms. The second-order valence-corrected chi connectivity index (χ2v) is 7.25. The molecule has 3 heterocycles. The minimum Gasteiger partial charge on any atom is -0.438 e. The highest BCUT2D eigenvalue weighted by molar-refractivity contribution is 5.92. The molecule has 1 saturated heterocycles. The van der Waals surface area contributed by atoms with Gasteiger partial charge >= 0.3 is 0 Å². The number of carbonyl (C=O) groups excluding carboxylic acids is 1. The van der Waals surface area contributed by atoms with Crippen molar-refractivity contribution in [2.45, 2.75) is 56.7 Å². The molecule has 8 heteroatoms. The molecule has 1 aliphatic heterocycles. The summed E-state index contributed by atoms with van der Waals surface area (Å²) in [6, 6.07) is 0. The van der Waals surface area contributed by atoms with Crippen LogP contribution < -0.4 is 0 Å². The monoisotopic (exact) mass is 344 g/mol. The van der Waals surface area contributed by atoms with Gasteiger partial charge in [-0.15, -0.1) is 0 Å². The van der Waals surface area contributed by atoms with Gasteiger partial charge in [-0.25, -0.2) is 4.98 Å². The van der Waals surface area contributed by atoms with Gasteiger partial charge in [-0.1, -0.05) is 5.16 Å². The van der Waals surface area contributed by atoms with E-state index in [1.54, 1.807) is 4.90 Å². The summed E-state index contributed by atoms with van der Waals surface area (Å²) in [6.45, 7) is 2.82. The number of oxazole rings is 1. The molecule has 0 aromatic carbocycles. The maximum absolute atomic E-state index is 12.9. The smallest absolute Gasteiger partial charge is 0.291 e. The lowest BCUT2D eigenvalue weighted by Crippen LogP contribution is -2.46. The predicted molar refractivity (Wildman–Crippen MR) is 83.9 cm³/mol. The van der Waals surface area contributed by atoms with Crippen molar-refractivity contribution in [3.63, 3.8) is 0 Å². The number of ether oxygens (including phenoxy) is 1. The van der Waals surface area contributed by atoms with Gasteiger partial charge in [0.05, 0.1) is 18.3 Å². The average Bonchev–Trinajstić information content (AvgIpc) is 3.54. The van der Waals surface area contributed by atoms with E-state index in [9.17, 15) is 4.79 Å². The molecule has 0 unspecified atom stereocenters. The van der Waals surface area contributed by atoms with Crippen LogP contribution in [0.25, 0.3) is 0 Å². The second-order valence-electron chi connectivity index (χ2n) is 7.25. The van der Waals surface area contributed by atoms with Crippen LogP contribution in [-0.4, -0.2) is 45.1 Å². The van der Waals surface area contributed by atoms with E-state index in [4.69, 9.17) is 13.7 Å². The van der Waals surface area contributed by atoms with E-state index < -0.39 is 6.10 Å². The number of hydrogen-bond donors (Lipinski definition) is 0. The van der Waals surface area contributed by atoms with E-state index in [2.05, 4.69) is 15.1 Å². The van der Waals surface area contributed by atoms with Crippen LogP contribution in [0.1, 0.15) is 78.5 Å². The molecular weight excluding hydrogens is 324 g/mol. The standard InChI is InChI=1S/C17H20N4O4/c1-9-6-21(17(22)14-13(10-2-3-10)18-8-23-14)7-12(24-9)16-19-15(20-25-16)11-4-5-11/h8-12H,2-7H2,1H3/t9-,12-/m1/s1. The summed E-state index contributed by atoms with van der Waals surface area (Å²) >= 11 is 0. The Morgan fingerprint density at radius 2 is 2.00 bits per heavy atom. The van der Waals surface area contributed by atoms with Crippen molar-refractivity contribution in [1.82, 2.24) is 20.0 Å². The molecule has 3 fully saturated rings. The third-order valence-electron chi connectivity index (χ3n) is 4.98. The maximum Gasteiger partial charge on any atom is 0.291 e. The van der Waals surface area contributed by atoms with Crippen molar-refractivity contribution in [3.05, 3.63) is 29.6 Å². The number of morpholine rings is 1. The van der Waals surface area contributed by atoms with Gasteiger partial charge in [0.25, 0.3) is 11.8 Å². The molecule has 0 radical (unpaired) electrons. The van der Waals surface area contributed by atoms with Crippen molar-refractivity contribution in [1.29, 1.82) is 0 Å². The second kappa shape index (κ2) is 5.66. The molecular formula is C17H20N4O4. The first kappa shape index (κ1) is 15.1. The van der Waals surface area contributed by atoms with Crippen molar-refractivity contribution in [2.24, 2.45) is 0 Å². The van der Waals surface area contributed by atoms with Gasteiger partial charge in [-0.2, -0.15) is 4.98 Å². The molecule has 2 saturated carbocycles. The van der Waals surface area contributed by atoms with Crippen molar-refractivity contribution in [2.75, 3.05) is 13.1 Å². The predicted octanol–water partition coefficient (Wildman–Crippen LogP) is 2.41. The minimum atomic E-state index is -0.403. The highest BCUT2D eigenvalue weighted by Gasteiger charge is 2.38. The first-order valence-corrected chi connectivity index (χ1v) is 8.90. The zero-order chi connectivity index (χ0) is 17.0. The van der Waals surface area contributed by atoms with Crippen LogP contribution in [0.3, 0.4) is 0 Å². The zero-order valence-electron chi connectivity index (χ0n) is 14.1. The Bertz CT molecular complexity index is 792. The molecule has 3 aliphatic rings. The normalized spacial score (nSPS) is 26.8. The topological polar surface area (TPSA) is 94.5 Å². The number of amides is 1. The number of nitrogens with zero attached hydrogens (tertiary/aromatic N) is 4. The Balaban J connectivity index is 1.35. The van der Waals surface area contributed by atoms with Crippen LogP contribution in [-0.2, 0) is 4.74 Å². The Kier molecular flexibility index (Phi) is 3.41. The van der Waals surface area contributed by atoms with E-state index in [0.717, 1.165) is 37.2 Å². The molecule has 5 rings (SSSR count). The summed E-state index contributed by atoms with van der Waals surface area (Å²) in [5.41, 5.74) is 0.787. The molecule has 0 N–H and O–H groups in total. The molecule has 2 atom stereocenters. The van der Waals surface area contributed by atoms with Crippen LogP contribution in [0.2, 0.25) is 0 Å². The van der Waals surface area contributed by atoms with Gasteiger partial charge in [0.15, 0.2) is 18.3 Å². The van der Waals surface area contributed by atoms with Gasteiger partial charge in [-0.05, 0) is 32.6 Å². The largest absolute Gasteiger partial charge is 0.438 e. The molecule has 8 nitrogen and oxygen atoms in total. The summed E-state index contributed by atoms with van der Waals surface area (Å²) in [5, 5.41) is 4.05. The number of aromatic nitrogens is 3. The van der Waals surface area contributed by atoms with Crippen LogP contribution in [0, 0.1) is 0 Å². The molecule has 0 bridgehead atoms. The van der Waals surface area contributed by atoms with Crippen LogP contribution in [0.15, 0.2) is 15.3 Å². The first-order valence-electron chi connectivity index (χ1n) is 8.90. The van der Waals surface area contributed by atoms with Gasteiger partial charge in [0.2, 0.25) is 5.76 Å².